The van der Waals surface area contributed by atoms with Crippen LogP contribution in [0.3, 0.4) is 0 Å². The third kappa shape index (κ3) is 3.12. The average Bonchev–Trinajstić information content (AvgIpc) is 3.06. The van der Waals surface area contributed by atoms with Crippen LogP contribution in [0.4, 0.5) is 14.6 Å². The molecule has 17 heavy (non-hydrogen) atoms. The SMILES string of the molecule is CC(Nc1ncc(F)cc1F)C(=O)NC1CC1. The molecule has 1 amide bonds. The maximum atomic E-state index is 13.3. The average molecular weight is 241 g/mol. The zero-order chi connectivity index (χ0) is 12.4. The van der Waals surface area contributed by atoms with Gasteiger partial charge in [0.05, 0.1) is 6.20 Å². The molecule has 1 aromatic rings. The first kappa shape index (κ1) is 11.8. The van der Waals surface area contributed by atoms with Gasteiger partial charge >= 0.3 is 0 Å². The zero-order valence-electron chi connectivity index (χ0n) is 9.34. The van der Waals surface area contributed by atoms with Gasteiger partial charge in [0.2, 0.25) is 5.91 Å². The number of rotatable bonds is 4. The number of hydrogen-bond acceptors (Lipinski definition) is 3. The molecule has 1 saturated carbocycles. The van der Waals surface area contributed by atoms with E-state index in [0.29, 0.717) is 0 Å². The predicted octanol–water partition coefficient (Wildman–Crippen LogP) is 1.44. The fourth-order valence-corrected chi connectivity index (χ4v) is 1.35. The van der Waals surface area contributed by atoms with Crippen LogP contribution in [-0.2, 0) is 4.79 Å². The highest BCUT2D eigenvalue weighted by molar-refractivity contribution is 5.84. The van der Waals surface area contributed by atoms with E-state index in [1.165, 1.54) is 0 Å². The van der Waals surface area contributed by atoms with Gasteiger partial charge in [-0.2, -0.15) is 0 Å². The number of carbonyl (C=O) groups excluding carboxylic acids is 1. The zero-order valence-corrected chi connectivity index (χ0v) is 9.34. The van der Waals surface area contributed by atoms with E-state index in [-0.39, 0.29) is 17.8 Å². The Morgan fingerprint density at radius 2 is 2.24 bits per heavy atom. The van der Waals surface area contributed by atoms with Crippen molar-refractivity contribution in [1.29, 1.82) is 0 Å². The second-order valence-corrected chi connectivity index (χ2v) is 4.13. The van der Waals surface area contributed by atoms with Gasteiger partial charge < -0.3 is 10.6 Å². The Labute approximate surface area is 97.4 Å². The molecular formula is C11H13F2N3O. The molecule has 2 rings (SSSR count). The van der Waals surface area contributed by atoms with Crippen LogP contribution in [0.2, 0.25) is 0 Å². The van der Waals surface area contributed by atoms with Crippen LogP contribution in [0.15, 0.2) is 12.3 Å². The van der Waals surface area contributed by atoms with Crippen LogP contribution in [0.25, 0.3) is 0 Å². The molecule has 1 heterocycles. The lowest BCUT2D eigenvalue weighted by Gasteiger charge is -2.14. The number of nitrogens with zero attached hydrogens (tertiary/aromatic N) is 1. The minimum Gasteiger partial charge on any atom is -0.356 e. The minimum atomic E-state index is -0.809. The fourth-order valence-electron chi connectivity index (χ4n) is 1.35. The Morgan fingerprint density at radius 1 is 1.53 bits per heavy atom. The summed E-state index contributed by atoms with van der Waals surface area (Å²) in [5, 5.41) is 5.38. The quantitative estimate of drug-likeness (QED) is 0.838. The van der Waals surface area contributed by atoms with Crippen molar-refractivity contribution in [2.45, 2.75) is 31.8 Å². The molecule has 0 spiro atoms. The van der Waals surface area contributed by atoms with Crippen LogP contribution in [0.5, 0.6) is 0 Å². The van der Waals surface area contributed by atoms with Gasteiger partial charge in [0.15, 0.2) is 11.6 Å². The van der Waals surface area contributed by atoms with Gasteiger partial charge in [-0.15, -0.1) is 0 Å². The summed E-state index contributed by atoms with van der Waals surface area (Å²) in [5.41, 5.74) is 0. The second-order valence-electron chi connectivity index (χ2n) is 4.13. The predicted molar refractivity (Wildman–Crippen MR) is 58.4 cm³/mol. The van der Waals surface area contributed by atoms with Crippen LogP contribution >= 0.6 is 0 Å². The number of aromatic nitrogens is 1. The lowest BCUT2D eigenvalue weighted by atomic mass is 10.3. The van der Waals surface area contributed by atoms with Crippen LogP contribution in [0, 0.1) is 11.6 Å². The van der Waals surface area contributed by atoms with Crippen LogP contribution < -0.4 is 10.6 Å². The number of halogens is 2. The Hall–Kier alpha value is -1.72. The number of amides is 1. The summed E-state index contributed by atoms with van der Waals surface area (Å²) >= 11 is 0. The summed E-state index contributed by atoms with van der Waals surface area (Å²) < 4.78 is 25.9. The van der Waals surface area contributed by atoms with E-state index >= 15 is 0 Å². The van der Waals surface area contributed by atoms with E-state index in [0.717, 1.165) is 25.1 Å². The third-order valence-corrected chi connectivity index (χ3v) is 2.48. The van der Waals surface area contributed by atoms with Crippen molar-refractivity contribution in [3.63, 3.8) is 0 Å². The van der Waals surface area contributed by atoms with E-state index in [9.17, 15) is 13.6 Å². The first-order valence-electron chi connectivity index (χ1n) is 5.44. The van der Waals surface area contributed by atoms with Crippen molar-refractivity contribution < 1.29 is 13.6 Å². The Bertz CT molecular complexity index is 435. The summed E-state index contributed by atoms with van der Waals surface area (Å²) in [5.74, 6) is -1.89. The largest absolute Gasteiger partial charge is 0.356 e. The molecule has 0 saturated heterocycles. The molecule has 0 aromatic carbocycles. The number of anilines is 1. The van der Waals surface area contributed by atoms with Crippen molar-refractivity contribution in [2.24, 2.45) is 0 Å². The number of pyridine rings is 1. The highest BCUT2D eigenvalue weighted by Crippen LogP contribution is 2.19. The van der Waals surface area contributed by atoms with Gasteiger partial charge in [0, 0.05) is 12.1 Å². The van der Waals surface area contributed by atoms with Crippen molar-refractivity contribution in [3.8, 4) is 0 Å². The lowest BCUT2D eigenvalue weighted by Crippen LogP contribution is -2.39. The maximum absolute atomic E-state index is 13.3. The van der Waals surface area contributed by atoms with E-state index < -0.39 is 17.7 Å². The molecule has 0 radical (unpaired) electrons. The standard InChI is InChI=1S/C11H13F2N3O/c1-6(11(17)16-8-2-3-8)15-10-9(13)4-7(12)5-14-10/h4-6,8H,2-3H2,1H3,(H,14,15)(H,16,17). The van der Waals surface area contributed by atoms with E-state index in [1.54, 1.807) is 6.92 Å². The fraction of sp³-hybridized carbons (Fsp3) is 0.455. The van der Waals surface area contributed by atoms with Crippen molar-refractivity contribution in [3.05, 3.63) is 23.9 Å². The normalized spacial score (nSPS) is 16.4. The summed E-state index contributed by atoms with van der Waals surface area (Å²) in [7, 11) is 0. The molecule has 1 unspecified atom stereocenters. The van der Waals surface area contributed by atoms with Crippen molar-refractivity contribution in [1.82, 2.24) is 10.3 Å². The topological polar surface area (TPSA) is 54.0 Å². The Morgan fingerprint density at radius 3 is 2.82 bits per heavy atom. The Kier molecular flexibility index (Phi) is 3.21. The molecule has 1 fully saturated rings. The summed E-state index contributed by atoms with van der Waals surface area (Å²) in [4.78, 5) is 15.1. The molecule has 1 aromatic heterocycles. The monoisotopic (exact) mass is 241 g/mol. The molecular weight excluding hydrogens is 228 g/mol. The highest BCUT2D eigenvalue weighted by atomic mass is 19.1. The molecule has 0 aliphatic heterocycles. The van der Waals surface area contributed by atoms with Gasteiger partial charge in [-0.25, -0.2) is 13.8 Å². The molecule has 1 aliphatic carbocycles. The summed E-state index contributed by atoms with van der Waals surface area (Å²) in [6, 6.07) is 0.363. The van der Waals surface area contributed by atoms with Gasteiger partial charge in [0.25, 0.3) is 0 Å². The van der Waals surface area contributed by atoms with Gasteiger partial charge in [-0.3, -0.25) is 4.79 Å². The third-order valence-electron chi connectivity index (χ3n) is 2.48. The van der Waals surface area contributed by atoms with Crippen molar-refractivity contribution in [2.75, 3.05) is 5.32 Å². The summed E-state index contributed by atoms with van der Waals surface area (Å²) in [6.45, 7) is 1.60. The maximum Gasteiger partial charge on any atom is 0.242 e. The molecule has 1 aliphatic rings. The van der Waals surface area contributed by atoms with Crippen molar-refractivity contribution >= 4 is 11.7 Å². The Balaban J connectivity index is 1.96. The number of carbonyl (C=O) groups is 1. The second kappa shape index (κ2) is 4.65. The minimum absolute atomic E-state index is 0.121. The number of hydrogen-bond donors (Lipinski definition) is 2. The van der Waals surface area contributed by atoms with Gasteiger partial charge in [-0.1, -0.05) is 0 Å². The highest BCUT2D eigenvalue weighted by Gasteiger charge is 2.26. The smallest absolute Gasteiger partial charge is 0.242 e. The van der Waals surface area contributed by atoms with Crippen LogP contribution in [0.1, 0.15) is 19.8 Å². The summed E-state index contributed by atoms with van der Waals surface area (Å²) in [6.07, 6.45) is 2.88. The molecule has 92 valence electrons. The molecule has 6 heteroatoms. The van der Waals surface area contributed by atoms with E-state index in [4.69, 9.17) is 0 Å². The van der Waals surface area contributed by atoms with Gasteiger partial charge in [-0.05, 0) is 19.8 Å². The van der Waals surface area contributed by atoms with Gasteiger partial charge in [0.1, 0.15) is 11.9 Å². The molecule has 0 bridgehead atoms. The van der Waals surface area contributed by atoms with E-state index in [1.807, 2.05) is 0 Å². The van der Waals surface area contributed by atoms with Crippen LogP contribution in [-0.4, -0.2) is 23.0 Å². The first-order valence-corrected chi connectivity index (χ1v) is 5.44. The first-order chi connectivity index (χ1) is 8.06. The molecule has 4 nitrogen and oxygen atoms in total. The molecule has 2 N–H and O–H groups in total. The number of nitrogens with one attached hydrogen (secondary N) is 2. The van der Waals surface area contributed by atoms with E-state index in [2.05, 4.69) is 15.6 Å². The lowest BCUT2D eigenvalue weighted by molar-refractivity contribution is -0.121. The molecule has 1 atom stereocenters.